The van der Waals surface area contributed by atoms with E-state index in [1.165, 1.54) is 31.1 Å². The molecule has 0 spiro atoms. The van der Waals surface area contributed by atoms with Crippen LogP contribution in [0, 0.1) is 23.7 Å². The van der Waals surface area contributed by atoms with E-state index in [2.05, 4.69) is 0 Å². The Balaban J connectivity index is 1.27. The quantitative estimate of drug-likeness (QED) is 0.107. The molecule has 4 saturated carbocycles. The molecule has 326 valence electrons. The van der Waals surface area contributed by atoms with Crippen LogP contribution in [0.5, 0.6) is 5.75 Å². The molecule has 0 radical (unpaired) electrons. The fraction of sp³-hybridized carbons (Fsp3) is 0.523. The summed E-state index contributed by atoms with van der Waals surface area (Å²) < 4.78 is 41.1. The fourth-order valence-electron chi connectivity index (χ4n) is 9.65. The summed E-state index contributed by atoms with van der Waals surface area (Å²) in [5.41, 5.74) is 3.31. The number of carbonyl (C=O) groups is 7. The molecule has 61 heavy (non-hydrogen) atoms. The molecule has 4 bridgehead atoms. The standard InChI is InChI=1S/C44H48ClNO15/c1-21(47)55-20-34-40(56-22(2)48)41(57-23(3)49)42(58-24(4)50)44(60-34)59-33-19-28(12-25-6-8-29(9-7-25)43(53)61-46-35(51)10-11-36(46)52)18-32(38(33)45)39(54-5)37-30-14-26-13-27(16-30)17-31(37)15-26/h6-9,18-19,26-27,30-31,34,40-42,44H,10-17,20H2,1-5H3/t26?,27?,30?,31?,34?,40-,41?,42?,44+/m0/s1. The topological polar surface area (TPSA) is 197 Å². The van der Waals surface area contributed by atoms with Crippen molar-refractivity contribution in [2.75, 3.05) is 13.7 Å². The van der Waals surface area contributed by atoms with Crippen LogP contribution in [0.3, 0.4) is 0 Å². The molecule has 2 amide bonds. The maximum absolute atomic E-state index is 12.8. The van der Waals surface area contributed by atoms with Crippen molar-refractivity contribution in [3.63, 3.8) is 0 Å². The number of hydroxylamine groups is 2. The van der Waals surface area contributed by atoms with Gasteiger partial charge in [-0.3, -0.25) is 28.8 Å². The van der Waals surface area contributed by atoms with Gasteiger partial charge in [-0.1, -0.05) is 23.7 Å². The van der Waals surface area contributed by atoms with Crippen LogP contribution in [0.15, 0.2) is 42.0 Å². The van der Waals surface area contributed by atoms with Crippen molar-refractivity contribution in [2.24, 2.45) is 23.7 Å². The second-order valence-electron chi connectivity index (χ2n) is 16.3. The van der Waals surface area contributed by atoms with Crippen LogP contribution in [0.4, 0.5) is 0 Å². The lowest BCUT2D eigenvalue weighted by Gasteiger charge is -2.51. The Morgan fingerprint density at radius 3 is 1.87 bits per heavy atom. The number of methoxy groups -OCH3 is 1. The largest absolute Gasteiger partial charge is 0.496 e. The van der Waals surface area contributed by atoms with E-state index in [1.807, 2.05) is 6.07 Å². The second-order valence-corrected chi connectivity index (χ2v) is 16.6. The molecule has 0 N–H and O–H groups in total. The summed E-state index contributed by atoms with van der Waals surface area (Å²) in [6.45, 7) is 4.13. The van der Waals surface area contributed by atoms with Crippen molar-refractivity contribution >= 4 is 59.0 Å². The van der Waals surface area contributed by atoms with E-state index in [9.17, 15) is 33.6 Å². The third kappa shape index (κ3) is 9.70. The third-order valence-electron chi connectivity index (χ3n) is 11.8. The summed E-state index contributed by atoms with van der Waals surface area (Å²) in [6, 6.07) is 10.0. The Hall–Kier alpha value is -5.48. The number of carbonyl (C=O) groups excluding carboxylic acids is 7. The number of halogens is 1. The zero-order valence-electron chi connectivity index (χ0n) is 34.5. The van der Waals surface area contributed by atoms with Crippen LogP contribution < -0.4 is 4.74 Å². The van der Waals surface area contributed by atoms with Gasteiger partial charge < -0.3 is 38.0 Å². The van der Waals surface area contributed by atoms with E-state index in [1.54, 1.807) is 25.3 Å². The number of nitrogens with zero attached hydrogens (tertiary/aromatic N) is 1. The van der Waals surface area contributed by atoms with E-state index >= 15 is 0 Å². The van der Waals surface area contributed by atoms with Crippen molar-refractivity contribution < 1.29 is 71.6 Å². The van der Waals surface area contributed by atoms with Gasteiger partial charge in [-0.25, -0.2) is 4.79 Å². The molecule has 2 saturated heterocycles. The number of imide groups is 1. The summed E-state index contributed by atoms with van der Waals surface area (Å²) in [6.07, 6.45) is -1.45. The summed E-state index contributed by atoms with van der Waals surface area (Å²) in [4.78, 5) is 91.3. The summed E-state index contributed by atoms with van der Waals surface area (Å²) in [5, 5.41) is 0.642. The summed E-state index contributed by atoms with van der Waals surface area (Å²) >= 11 is 7.32. The normalized spacial score (nSPS) is 27.6. The molecule has 6 fully saturated rings. The zero-order valence-corrected chi connectivity index (χ0v) is 35.2. The minimum Gasteiger partial charge on any atom is -0.496 e. The number of hydrogen-bond donors (Lipinski definition) is 0. The first-order valence-electron chi connectivity index (χ1n) is 20.3. The highest BCUT2D eigenvalue weighted by atomic mass is 35.5. The zero-order chi connectivity index (χ0) is 43.7. The molecule has 0 aromatic heterocycles. The van der Waals surface area contributed by atoms with Gasteiger partial charge in [-0.2, -0.15) is 0 Å². The van der Waals surface area contributed by atoms with Crippen LogP contribution in [0.25, 0.3) is 5.76 Å². The van der Waals surface area contributed by atoms with Crippen LogP contribution in [0.1, 0.15) is 99.7 Å². The minimum absolute atomic E-state index is 0.0304. The van der Waals surface area contributed by atoms with Crippen LogP contribution in [0.2, 0.25) is 5.02 Å². The Bertz CT molecular complexity index is 2090. The average molecular weight is 866 g/mol. The van der Waals surface area contributed by atoms with Gasteiger partial charge in [0.15, 0.2) is 12.2 Å². The molecular weight excluding hydrogens is 818 g/mol. The minimum atomic E-state index is -1.55. The molecule has 16 nitrogen and oxygen atoms in total. The number of hydrogen-bond acceptors (Lipinski definition) is 15. The van der Waals surface area contributed by atoms with Crippen molar-refractivity contribution in [2.45, 2.75) is 110 Å². The molecular formula is C44H48ClNO15. The molecule has 17 heteroatoms. The number of allylic oxidation sites excluding steroid dienone is 1. The lowest BCUT2D eigenvalue weighted by Crippen LogP contribution is -2.63. The SMILES string of the molecule is COC(=C1C2CC3CC(C2)CC1C3)c1cc(Cc2ccc(C(=O)ON3C(=O)CCC3=O)cc2)cc(O[C@@H]2OC(COC(C)=O)[C@H](OC(C)=O)C(OC(C)=O)C2OC(C)=O)c1Cl. The molecule has 2 heterocycles. The molecule has 2 aromatic rings. The van der Waals surface area contributed by atoms with Gasteiger partial charge in [-0.15, -0.1) is 5.06 Å². The third-order valence-corrected chi connectivity index (χ3v) is 12.2. The predicted octanol–water partition coefficient (Wildman–Crippen LogP) is 5.43. The Morgan fingerprint density at radius 1 is 0.738 bits per heavy atom. The van der Waals surface area contributed by atoms with Crippen LogP contribution in [-0.2, 0) is 68.4 Å². The van der Waals surface area contributed by atoms with Gasteiger partial charge in [0.05, 0.1) is 17.7 Å². The Kier molecular flexibility index (Phi) is 13.0. The van der Waals surface area contributed by atoms with E-state index in [0.717, 1.165) is 52.0 Å². The molecule has 4 aliphatic carbocycles. The second kappa shape index (κ2) is 18.2. The van der Waals surface area contributed by atoms with Crippen molar-refractivity contribution in [1.82, 2.24) is 5.06 Å². The first-order chi connectivity index (χ1) is 29.1. The highest BCUT2D eigenvalue weighted by Crippen LogP contribution is 2.58. The molecule has 2 aromatic carbocycles. The van der Waals surface area contributed by atoms with Gasteiger partial charge in [0.25, 0.3) is 11.8 Å². The summed E-state index contributed by atoms with van der Waals surface area (Å²) in [7, 11) is 1.61. The van der Waals surface area contributed by atoms with Gasteiger partial charge in [0, 0.05) is 46.1 Å². The van der Waals surface area contributed by atoms with Gasteiger partial charge in [-0.05, 0) is 103 Å². The maximum Gasteiger partial charge on any atom is 0.363 e. The highest BCUT2D eigenvalue weighted by molar-refractivity contribution is 6.33. The summed E-state index contributed by atoms with van der Waals surface area (Å²) in [5.74, 6) is -2.36. The number of ether oxygens (including phenoxy) is 7. The van der Waals surface area contributed by atoms with Crippen molar-refractivity contribution in [1.29, 1.82) is 0 Å². The molecule has 8 rings (SSSR count). The van der Waals surface area contributed by atoms with Crippen LogP contribution >= 0.6 is 11.6 Å². The van der Waals surface area contributed by atoms with Gasteiger partial charge >= 0.3 is 29.8 Å². The maximum atomic E-state index is 12.8. The number of benzene rings is 2. The smallest absolute Gasteiger partial charge is 0.363 e. The fourth-order valence-corrected chi connectivity index (χ4v) is 9.89. The first kappa shape index (κ1) is 43.6. The number of rotatable bonds is 13. The van der Waals surface area contributed by atoms with Crippen molar-refractivity contribution in [3.8, 4) is 5.75 Å². The Labute approximate surface area is 357 Å². The lowest BCUT2D eigenvalue weighted by molar-refractivity contribution is -0.288. The van der Waals surface area contributed by atoms with Crippen LogP contribution in [-0.4, -0.2) is 91.1 Å². The van der Waals surface area contributed by atoms with E-state index in [0.29, 0.717) is 45.6 Å². The first-order valence-corrected chi connectivity index (χ1v) is 20.7. The number of amides is 2. The molecule has 6 aliphatic rings. The Morgan fingerprint density at radius 2 is 1.31 bits per heavy atom. The molecule has 3 unspecified atom stereocenters. The van der Waals surface area contributed by atoms with E-state index < -0.39 is 79.0 Å². The molecule has 2 aliphatic heterocycles. The monoisotopic (exact) mass is 865 g/mol. The highest BCUT2D eigenvalue weighted by Gasteiger charge is 2.54. The van der Waals surface area contributed by atoms with Crippen molar-refractivity contribution in [3.05, 3.63) is 69.2 Å². The van der Waals surface area contributed by atoms with E-state index in [4.69, 9.17) is 49.6 Å². The molecule has 5 atom stereocenters. The lowest BCUT2D eigenvalue weighted by atomic mass is 9.54. The number of esters is 4. The van der Waals surface area contributed by atoms with E-state index in [-0.39, 0.29) is 35.6 Å². The van der Waals surface area contributed by atoms with Gasteiger partial charge in [0.2, 0.25) is 12.4 Å². The van der Waals surface area contributed by atoms with Gasteiger partial charge in [0.1, 0.15) is 24.2 Å². The average Bonchev–Trinajstić information content (AvgIpc) is 3.50. The predicted molar refractivity (Wildman–Crippen MR) is 211 cm³/mol.